The van der Waals surface area contributed by atoms with Gasteiger partial charge >= 0.3 is 5.97 Å². The van der Waals surface area contributed by atoms with Crippen molar-refractivity contribution in [3.05, 3.63) is 63.7 Å². The molecule has 0 aliphatic heterocycles. The summed E-state index contributed by atoms with van der Waals surface area (Å²) in [6, 6.07) is 10.5. The van der Waals surface area contributed by atoms with Gasteiger partial charge in [0.1, 0.15) is 12.3 Å². The van der Waals surface area contributed by atoms with E-state index in [1.165, 1.54) is 19.2 Å². The molecule has 152 valence electrons. The monoisotopic (exact) mass is 401 g/mol. The molecule has 2 amide bonds. The lowest BCUT2D eigenvalue weighted by Crippen LogP contribution is -2.32. The van der Waals surface area contributed by atoms with Crippen LogP contribution in [0.4, 0.5) is 11.4 Å². The predicted molar refractivity (Wildman–Crippen MR) is 103 cm³/mol. The standard InChI is InChI=1S/C19H19N3O7/c1-12-4-3-5-13(8-12)19(25)20-10-18(24)29-11-17(23)21-15-9-14(22(26)27)6-7-16(15)28-2/h3-9H,10-11H2,1-2H3,(H,20,25)(H,21,23). The van der Waals surface area contributed by atoms with Crippen molar-refractivity contribution in [3.8, 4) is 5.75 Å². The largest absolute Gasteiger partial charge is 0.495 e. The molecule has 10 nitrogen and oxygen atoms in total. The Balaban J connectivity index is 1.84. The van der Waals surface area contributed by atoms with E-state index in [0.717, 1.165) is 11.6 Å². The van der Waals surface area contributed by atoms with E-state index in [2.05, 4.69) is 10.6 Å². The van der Waals surface area contributed by atoms with E-state index in [4.69, 9.17) is 9.47 Å². The zero-order valence-electron chi connectivity index (χ0n) is 15.8. The summed E-state index contributed by atoms with van der Waals surface area (Å²) in [5.74, 6) is -1.77. The number of anilines is 1. The minimum atomic E-state index is -0.813. The number of hydrogen-bond acceptors (Lipinski definition) is 7. The molecule has 0 aliphatic rings. The number of esters is 1. The summed E-state index contributed by atoms with van der Waals surface area (Å²) < 4.78 is 9.83. The Morgan fingerprint density at radius 3 is 2.55 bits per heavy atom. The summed E-state index contributed by atoms with van der Waals surface area (Å²) in [5, 5.41) is 15.6. The van der Waals surface area contributed by atoms with Gasteiger partial charge in [-0.25, -0.2) is 0 Å². The molecule has 0 aromatic heterocycles. The van der Waals surface area contributed by atoms with Gasteiger partial charge in [-0.2, -0.15) is 0 Å². The lowest BCUT2D eigenvalue weighted by molar-refractivity contribution is -0.384. The third-order valence-electron chi connectivity index (χ3n) is 3.71. The van der Waals surface area contributed by atoms with Crippen molar-refractivity contribution >= 4 is 29.2 Å². The fourth-order valence-electron chi connectivity index (χ4n) is 2.33. The van der Waals surface area contributed by atoms with Crippen LogP contribution in [-0.2, 0) is 14.3 Å². The number of methoxy groups -OCH3 is 1. The Morgan fingerprint density at radius 2 is 1.90 bits per heavy atom. The number of aryl methyl sites for hydroxylation is 1. The number of carbonyl (C=O) groups is 3. The average Bonchev–Trinajstić information content (AvgIpc) is 2.70. The second-order valence-electron chi connectivity index (χ2n) is 5.90. The van der Waals surface area contributed by atoms with Crippen molar-refractivity contribution in [1.29, 1.82) is 0 Å². The summed E-state index contributed by atoms with van der Waals surface area (Å²) in [4.78, 5) is 45.9. The number of amides is 2. The molecule has 0 unspecified atom stereocenters. The Bertz CT molecular complexity index is 943. The maximum Gasteiger partial charge on any atom is 0.325 e. The van der Waals surface area contributed by atoms with Crippen LogP contribution in [0, 0.1) is 17.0 Å². The zero-order valence-corrected chi connectivity index (χ0v) is 15.8. The van der Waals surface area contributed by atoms with E-state index in [1.54, 1.807) is 18.2 Å². The van der Waals surface area contributed by atoms with Crippen LogP contribution in [0.5, 0.6) is 5.75 Å². The second kappa shape index (κ2) is 9.83. The summed E-state index contributed by atoms with van der Waals surface area (Å²) in [7, 11) is 1.34. The molecular weight excluding hydrogens is 382 g/mol. The number of nitro groups is 1. The van der Waals surface area contributed by atoms with Gasteiger partial charge in [-0.05, 0) is 25.1 Å². The highest BCUT2D eigenvalue weighted by atomic mass is 16.6. The molecule has 0 heterocycles. The molecule has 0 saturated carbocycles. The van der Waals surface area contributed by atoms with Crippen LogP contribution in [0.1, 0.15) is 15.9 Å². The number of hydrogen-bond donors (Lipinski definition) is 2. The molecule has 2 rings (SSSR count). The van der Waals surface area contributed by atoms with Crippen molar-refractivity contribution < 1.29 is 28.8 Å². The molecule has 2 N–H and O–H groups in total. The quantitative estimate of drug-likeness (QED) is 0.391. The molecule has 2 aromatic carbocycles. The first-order valence-corrected chi connectivity index (χ1v) is 8.43. The van der Waals surface area contributed by atoms with Gasteiger partial charge in [0.05, 0.1) is 17.7 Å². The van der Waals surface area contributed by atoms with E-state index in [9.17, 15) is 24.5 Å². The van der Waals surface area contributed by atoms with Crippen LogP contribution in [0.3, 0.4) is 0 Å². The van der Waals surface area contributed by atoms with E-state index in [1.807, 2.05) is 13.0 Å². The van der Waals surface area contributed by atoms with E-state index in [-0.39, 0.29) is 17.1 Å². The molecule has 0 fully saturated rings. The first-order chi connectivity index (χ1) is 13.8. The summed E-state index contributed by atoms with van der Waals surface area (Å²) in [5.41, 5.74) is 1.12. The minimum absolute atomic E-state index is 0.0653. The highest BCUT2D eigenvalue weighted by molar-refractivity contribution is 5.97. The van der Waals surface area contributed by atoms with E-state index >= 15 is 0 Å². The van der Waals surface area contributed by atoms with Gasteiger partial charge in [0.25, 0.3) is 17.5 Å². The maximum absolute atomic E-state index is 12.0. The molecular formula is C19H19N3O7. The maximum atomic E-state index is 12.0. The van der Waals surface area contributed by atoms with Gasteiger partial charge in [0.15, 0.2) is 6.61 Å². The molecule has 0 atom stereocenters. The molecule has 29 heavy (non-hydrogen) atoms. The predicted octanol–water partition coefficient (Wildman–Crippen LogP) is 1.82. The Hall–Kier alpha value is -3.95. The fourth-order valence-corrected chi connectivity index (χ4v) is 2.33. The van der Waals surface area contributed by atoms with Crippen LogP contribution < -0.4 is 15.4 Å². The Labute approximate surface area is 166 Å². The second-order valence-corrected chi connectivity index (χ2v) is 5.90. The number of benzene rings is 2. The smallest absolute Gasteiger partial charge is 0.325 e. The van der Waals surface area contributed by atoms with Crippen LogP contribution in [0.15, 0.2) is 42.5 Å². The number of ether oxygens (including phenoxy) is 2. The van der Waals surface area contributed by atoms with Gasteiger partial charge < -0.3 is 20.1 Å². The topological polar surface area (TPSA) is 137 Å². The van der Waals surface area contributed by atoms with Crippen molar-refractivity contribution in [2.45, 2.75) is 6.92 Å². The third-order valence-corrected chi connectivity index (χ3v) is 3.71. The van der Waals surface area contributed by atoms with Crippen LogP contribution in [0.25, 0.3) is 0 Å². The number of nitrogens with one attached hydrogen (secondary N) is 2. The highest BCUT2D eigenvalue weighted by Crippen LogP contribution is 2.28. The summed E-state index contributed by atoms with van der Waals surface area (Å²) in [6.45, 7) is 0.783. The van der Waals surface area contributed by atoms with Crippen molar-refractivity contribution in [2.24, 2.45) is 0 Å². The number of nitro benzene ring substituents is 1. The summed E-state index contributed by atoms with van der Waals surface area (Å²) >= 11 is 0. The van der Waals surface area contributed by atoms with Gasteiger partial charge in [0, 0.05) is 17.7 Å². The number of nitrogens with zero attached hydrogens (tertiary/aromatic N) is 1. The first-order valence-electron chi connectivity index (χ1n) is 8.43. The Morgan fingerprint density at radius 1 is 1.14 bits per heavy atom. The first kappa shape index (κ1) is 21.4. The molecule has 0 bridgehead atoms. The zero-order chi connectivity index (χ0) is 21.4. The third kappa shape index (κ3) is 6.31. The normalized spacial score (nSPS) is 10.0. The van der Waals surface area contributed by atoms with Crippen LogP contribution in [-0.4, -0.2) is 43.0 Å². The number of non-ortho nitro benzene ring substituents is 1. The fraction of sp³-hybridized carbons (Fsp3) is 0.211. The van der Waals surface area contributed by atoms with Crippen molar-refractivity contribution in [3.63, 3.8) is 0 Å². The lowest BCUT2D eigenvalue weighted by Gasteiger charge is -2.10. The van der Waals surface area contributed by atoms with Crippen molar-refractivity contribution in [2.75, 3.05) is 25.6 Å². The van der Waals surface area contributed by atoms with Crippen molar-refractivity contribution in [1.82, 2.24) is 5.32 Å². The molecule has 0 spiro atoms. The van der Waals surface area contributed by atoms with Gasteiger partial charge in [-0.1, -0.05) is 17.7 Å². The lowest BCUT2D eigenvalue weighted by atomic mass is 10.1. The molecule has 0 saturated heterocycles. The van der Waals surface area contributed by atoms with Gasteiger partial charge in [0.2, 0.25) is 0 Å². The molecule has 0 aliphatic carbocycles. The SMILES string of the molecule is COc1ccc([N+](=O)[O-])cc1NC(=O)COC(=O)CNC(=O)c1cccc(C)c1. The Kier molecular flexibility index (Phi) is 7.24. The van der Waals surface area contributed by atoms with Gasteiger partial charge in [-0.15, -0.1) is 0 Å². The summed E-state index contributed by atoms with van der Waals surface area (Å²) in [6.07, 6.45) is 0. The van der Waals surface area contributed by atoms with Crippen LogP contribution >= 0.6 is 0 Å². The molecule has 2 aromatic rings. The average molecular weight is 401 g/mol. The van der Waals surface area contributed by atoms with E-state index in [0.29, 0.717) is 5.56 Å². The molecule has 0 radical (unpaired) electrons. The highest BCUT2D eigenvalue weighted by Gasteiger charge is 2.15. The minimum Gasteiger partial charge on any atom is -0.495 e. The van der Waals surface area contributed by atoms with Gasteiger partial charge in [-0.3, -0.25) is 24.5 Å². The number of rotatable bonds is 8. The van der Waals surface area contributed by atoms with E-state index < -0.39 is 35.9 Å². The molecule has 10 heteroatoms. The van der Waals surface area contributed by atoms with Crippen LogP contribution in [0.2, 0.25) is 0 Å². The number of carbonyl (C=O) groups excluding carboxylic acids is 3.